The van der Waals surface area contributed by atoms with Gasteiger partial charge in [0.2, 0.25) is 5.88 Å². The fraction of sp³-hybridized carbons (Fsp3) is 0.308. The van der Waals surface area contributed by atoms with Crippen LogP contribution in [0.3, 0.4) is 0 Å². The molecule has 6 heteroatoms. The number of benzene rings is 2. The molecule has 0 amide bonds. The molecule has 166 valence electrons. The Labute approximate surface area is 187 Å². The van der Waals surface area contributed by atoms with Crippen molar-refractivity contribution in [2.75, 3.05) is 7.11 Å². The average Bonchev–Trinajstić information content (AvgIpc) is 2.76. The molecule has 0 saturated carbocycles. The summed E-state index contributed by atoms with van der Waals surface area (Å²) in [7, 11) is 1.28. The SMILES string of the molecule is COC(=O)C1=C(N)OC2=C(C(=O)CC(C)(C)C2)C1c1ccccc1OCc1ccccc1. The quantitative estimate of drug-likeness (QED) is 0.705. The highest BCUT2D eigenvalue weighted by Gasteiger charge is 2.45. The molecule has 2 aliphatic rings. The number of hydrogen-bond donors (Lipinski definition) is 1. The van der Waals surface area contributed by atoms with E-state index < -0.39 is 11.9 Å². The van der Waals surface area contributed by atoms with Gasteiger partial charge in [-0.25, -0.2) is 4.79 Å². The van der Waals surface area contributed by atoms with Crippen molar-refractivity contribution in [3.63, 3.8) is 0 Å². The molecule has 4 rings (SSSR count). The number of carbonyl (C=O) groups is 2. The molecule has 1 aliphatic heterocycles. The zero-order valence-corrected chi connectivity index (χ0v) is 18.5. The van der Waals surface area contributed by atoms with Crippen LogP contribution in [0.1, 0.15) is 43.7 Å². The van der Waals surface area contributed by atoms with Crippen molar-refractivity contribution in [3.8, 4) is 5.75 Å². The summed E-state index contributed by atoms with van der Waals surface area (Å²) in [6.45, 7) is 4.38. The minimum Gasteiger partial charge on any atom is -0.489 e. The summed E-state index contributed by atoms with van der Waals surface area (Å²) in [4.78, 5) is 26.0. The summed E-state index contributed by atoms with van der Waals surface area (Å²) in [5.41, 5.74) is 8.21. The summed E-state index contributed by atoms with van der Waals surface area (Å²) in [6, 6.07) is 17.2. The van der Waals surface area contributed by atoms with Crippen LogP contribution in [0.5, 0.6) is 5.75 Å². The van der Waals surface area contributed by atoms with E-state index in [1.165, 1.54) is 7.11 Å². The summed E-state index contributed by atoms with van der Waals surface area (Å²) < 4.78 is 17.0. The lowest BCUT2D eigenvalue weighted by Gasteiger charge is -2.38. The second-order valence-corrected chi connectivity index (χ2v) is 8.89. The number of ketones is 1. The van der Waals surface area contributed by atoms with Crippen molar-refractivity contribution < 1.29 is 23.8 Å². The van der Waals surface area contributed by atoms with E-state index in [4.69, 9.17) is 19.9 Å². The number of methoxy groups -OCH3 is 1. The zero-order valence-electron chi connectivity index (χ0n) is 18.5. The normalized spacial score (nSPS) is 19.8. The predicted molar refractivity (Wildman–Crippen MR) is 119 cm³/mol. The van der Waals surface area contributed by atoms with E-state index in [2.05, 4.69) is 0 Å². The van der Waals surface area contributed by atoms with Crippen molar-refractivity contribution >= 4 is 11.8 Å². The predicted octanol–water partition coefficient (Wildman–Crippen LogP) is 4.37. The number of allylic oxidation sites excluding steroid dienone is 2. The first kappa shape index (κ1) is 21.7. The molecule has 1 unspecified atom stereocenters. The second-order valence-electron chi connectivity index (χ2n) is 8.89. The number of nitrogens with two attached hydrogens (primary N) is 1. The van der Waals surface area contributed by atoms with Crippen LogP contribution in [0.15, 0.2) is 77.4 Å². The van der Waals surface area contributed by atoms with Crippen molar-refractivity contribution in [2.24, 2.45) is 11.1 Å². The standard InChI is InChI=1S/C26H27NO5/c1-26(2)13-18(28)22-20(14-26)32-24(27)23(25(29)30-3)21(22)17-11-7-8-12-19(17)31-15-16-9-5-4-6-10-16/h4-12,21H,13-15,27H2,1-3H3. The molecule has 0 saturated heterocycles. The number of Topliss-reactive ketones (excluding diaryl/α,β-unsaturated/α-hetero) is 1. The lowest BCUT2D eigenvalue weighted by molar-refractivity contribution is -0.136. The number of esters is 1. The smallest absolute Gasteiger partial charge is 0.340 e. The van der Waals surface area contributed by atoms with Crippen LogP contribution in [0.4, 0.5) is 0 Å². The maximum absolute atomic E-state index is 13.3. The molecule has 32 heavy (non-hydrogen) atoms. The van der Waals surface area contributed by atoms with Gasteiger partial charge in [-0.3, -0.25) is 4.79 Å². The van der Waals surface area contributed by atoms with Crippen LogP contribution >= 0.6 is 0 Å². The minimum absolute atomic E-state index is 0.0380. The van der Waals surface area contributed by atoms with Gasteiger partial charge in [0, 0.05) is 24.0 Å². The minimum atomic E-state index is -0.721. The maximum Gasteiger partial charge on any atom is 0.340 e. The molecular weight excluding hydrogens is 406 g/mol. The Morgan fingerprint density at radius 2 is 1.78 bits per heavy atom. The van der Waals surface area contributed by atoms with Gasteiger partial charge in [-0.2, -0.15) is 0 Å². The molecule has 0 bridgehead atoms. The fourth-order valence-electron chi connectivity index (χ4n) is 4.39. The molecule has 2 aromatic rings. The number of hydrogen-bond acceptors (Lipinski definition) is 6. The van der Waals surface area contributed by atoms with Crippen LogP contribution in [-0.2, 0) is 25.7 Å². The van der Waals surface area contributed by atoms with Gasteiger partial charge in [-0.05, 0) is 17.0 Å². The second kappa shape index (κ2) is 8.54. The van der Waals surface area contributed by atoms with E-state index in [1.807, 2.05) is 68.4 Å². The highest BCUT2D eigenvalue weighted by molar-refractivity contribution is 6.03. The summed E-state index contributed by atoms with van der Waals surface area (Å²) in [5, 5.41) is 0. The summed E-state index contributed by atoms with van der Waals surface area (Å²) >= 11 is 0. The number of rotatable bonds is 5. The van der Waals surface area contributed by atoms with Crippen LogP contribution < -0.4 is 10.5 Å². The molecule has 1 heterocycles. The summed E-state index contributed by atoms with van der Waals surface area (Å²) in [5.74, 6) is -0.366. The van der Waals surface area contributed by atoms with Crippen LogP contribution in [0.25, 0.3) is 0 Å². The summed E-state index contributed by atoms with van der Waals surface area (Å²) in [6.07, 6.45) is 0.903. The van der Waals surface area contributed by atoms with Gasteiger partial charge in [0.1, 0.15) is 23.7 Å². The lowest BCUT2D eigenvalue weighted by Crippen LogP contribution is -2.35. The van der Waals surface area contributed by atoms with E-state index >= 15 is 0 Å². The highest BCUT2D eigenvalue weighted by Crippen LogP contribution is 2.49. The molecule has 0 spiro atoms. The first-order valence-corrected chi connectivity index (χ1v) is 10.6. The van der Waals surface area contributed by atoms with Gasteiger partial charge in [-0.15, -0.1) is 0 Å². The number of carbonyl (C=O) groups excluding carboxylic acids is 2. The monoisotopic (exact) mass is 433 g/mol. The van der Waals surface area contributed by atoms with E-state index in [0.717, 1.165) is 5.56 Å². The largest absolute Gasteiger partial charge is 0.489 e. The third-order valence-corrected chi connectivity index (χ3v) is 5.83. The van der Waals surface area contributed by atoms with Crippen LogP contribution in [0, 0.1) is 5.41 Å². The van der Waals surface area contributed by atoms with Gasteiger partial charge in [0.05, 0.1) is 13.0 Å². The lowest BCUT2D eigenvalue weighted by atomic mass is 9.70. The van der Waals surface area contributed by atoms with E-state index in [9.17, 15) is 9.59 Å². The Hall–Kier alpha value is -3.54. The fourth-order valence-corrected chi connectivity index (χ4v) is 4.39. The topological polar surface area (TPSA) is 87.9 Å². The average molecular weight is 434 g/mol. The van der Waals surface area contributed by atoms with Crippen molar-refractivity contribution in [3.05, 3.63) is 88.5 Å². The molecule has 2 N–H and O–H groups in total. The zero-order chi connectivity index (χ0) is 22.9. The third kappa shape index (κ3) is 4.13. The Morgan fingerprint density at radius 3 is 2.50 bits per heavy atom. The highest BCUT2D eigenvalue weighted by atomic mass is 16.5. The molecule has 0 fully saturated rings. The first-order valence-electron chi connectivity index (χ1n) is 10.6. The number of para-hydroxylation sites is 1. The maximum atomic E-state index is 13.3. The molecule has 2 aromatic carbocycles. The molecule has 1 aliphatic carbocycles. The number of ether oxygens (including phenoxy) is 3. The van der Waals surface area contributed by atoms with Crippen molar-refractivity contribution in [1.82, 2.24) is 0 Å². The third-order valence-electron chi connectivity index (χ3n) is 5.83. The Bertz CT molecular complexity index is 1110. The molecule has 6 nitrogen and oxygen atoms in total. The van der Waals surface area contributed by atoms with Crippen molar-refractivity contribution in [1.29, 1.82) is 0 Å². The van der Waals surface area contributed by atoms with Gasteiger partial charge >= 0.3 is 5.97 Å². The Morgan fingerprint density at radius 1 is 1.09 bits per heavy atom. The molecule has 0 radical (unpaired) electrons. The van der Waals surface area contributed by atoms with E-state index in [-0.39, 0.29) is 22.7 Å². The van der Waals surface area contributed by atoms with Gasteiger partial charge in [-0.1, -0.05) is 62.4 Å². The molecule has 0 aromatic heterocycles. The first-order chi connectivity index (χ1) is 15.3. The Balaban J connectivity index is 1.81. The van der Waals surface area contributed by atoms with E-state index in [0.29, 0.717) is 42.1 Å². The van der Waals surface area contributed by atoms with Gasteiger partial charge in [0.15, 0.2) is 5.78 Å². The van der Waals surface area contributed by atoms with E-state index in [1.54, 1.807) is 0 Å². The Kier molecular flexibility index (Phi) is 5.78. The van der Waals surface area contributed by atoms with Crippen LogP contribution in [-0.4, -0.2) is 18.9 Å². The van der Waals surface area contributed by atoms with Crippen molar-refractivity contribution in [2.45, 2.75) is 39.2 Å². The van der Waals surface area contributed by atoms with Gasteiger partial charge in [0.25, 0.3) is 0 Å². The molecule has 1 atom stereocenters. The van der Waals surface area contributed by atoms with Crippen LogP contribution in [0.2, 0.25) is 0 Å². The van der Waals surface area contributed by atoms with Gasteiger partial charge < -0.3 is 19.9 Å². The molecular formula is C26H27NO5.